The van der Waals surface area contributed by atoms with E-state index in [1.165, 1.54) is 0 Å². The van der Waals surface area contributed by atoms with Crippen molar-refractivity contribution in [2.45, 2.75) is 6.61 Å². The highest BCUT2D eigenvalue weighted by Gasteiger charge is 2.10. The standard InChI is InChI=1S/C9H10N2OS/c1-11-6-10-7(5-12)9(11)8-3-2-4-13-8/h2-4,6,12H,5H2,1H3. The van der Waals surface area contributed by atoms with Crippen LogP contribution < -0.4 is 0 Å². The van der Waals surface area contributed by atoms with Crippen LogP contribution in [0.25, 0.3) is 10.6 Å². The van der Waals surface area contributed by atoms with Gasteiger partial charge in [-0.3, -0.25) is 0 Å². The highest BCUT2D eigenvalue weighted by molar-refractivity contribution is 7.13. The summed E-state index contributed by atoms with van der Waals surface area (Å²) < 4.78 is 1.93. The molecule has 0 spiro atoms. The van der Waals surface area contributed by atoms with Gasteiger partial charge in [0.1, 0.15) is 0 Å². The second-order valence-electron chi connectivity index (χ2n) is 2.79. The molecule has 2 aromatic heterocycles. The van der Waals surface area contributed by atoms with Crippen LogP contribution in [0.5, 0.6) is 0 Å². The average Bonchev–Trinajstić information content (AvgIpc) is 2.72. The molecule has 4 heteroatoms. The van der Waals surface area contributed by atoms with Gasteiger partial charge in [-0.15, -0.1) is 11.3 Å². The molecule has 0 radical (unpaired) electrons. The summed E-state index contributed by atoms with van der Waals surface area (Å²) in [6.07, 6.45) is 1.72. The molecule has 2 rings (SSSR count). The van der Waals surface area contributed by atoms with Gasteiger partial charge in [-0.05, 0) is 11.4 Å². The summed E-state index contributed by atoms with van der Waals surface area (Å²) in [6, 6.07) is 4.02. The van der Waals surface area contributed by atoms with Crippen LogP contribution in [-0.4, -0.2) is 14.7 Å². The topological polar surface area (TPSA) is 38.0 Å². The van der Waals surface area contributed by atoms with Gasteiger partial charge in [0.25, 0.3) is 0 Å². The molecule has 0 saturated carbocycles. The van der Waals surface area contributed by atoms with Crippen molar-refractivity contribution in [2.75, 3.05) is 0 Å². The molecule has 0 fully saturated rings. The number of aryl methyl sites for hydroxylation is 1. The van der Waals surface area contributed by atoms with E-state index in [-0.39, 0.29) is 6.61 Å². The Bertz CT molecular complexity index is 392. The van der Waals surface area contributed by atoms with Crippen molar-refractivity contribution in [1.29, 1.82) is 0 Å². The van der Waals surface area contributed by atoms with Crippen molar-refractivity contribution in [3.8, 4) is 10.6 Å². The molecule has 1 N–H and O–H groups in total. The third-order valence-electron chi connectivity index (χ3n) is 1.92. The number of hydrogen-bond acceptors (Lipinski definition) is 3. The largest absolute Gasteiger partial charge is 0.390 e. The van der Waals surface area contributed by atoms with E-state index in [0.717, 1.165) is 16.3 Å². The Morgan fingerprint density at radius 3 is 3.08 bits per heavy atom. The van der Waals surface area contributed by atoms with Gasteiger partial charge in [-0.25, -0.2) is 4.98 Å². The van der Waals surface area contributed by atoms with Gasteiger partial charge in [0.15, 0.2) is 0 Å². The van der Waals surface area contributed by atoms with Crippen LogP contribution >= 0.6 is 11.3 Å². The van der Waals surface area contributed by atoms with E-state index in [4.69, 9.17) is 5.11 Å². The zero-order chi connectivity index (χ0) is 9.26. The first kappa shape index (κ1) is 8.47. The maximum Gasteiger partial charge on any atom is 0.0953 e. The van der Waals surface area contributed by atoms with E-state index in [1.54, 1.807) is 17.7 Å². The first-order valence-electron chi connectivity index (χ1n) is 3.98. The second-order valence-corrected chi connectivity index (χ2v) is 3.73. The van der Waals surface area contributed by atoms with Gasteiger partial charge in [0.2, 0.25) is 0 Å². The number of aromatic nitrogens is 2. The average molecular weight is 194 g/mol. The summed E-state index contributed by atoms with van der Waals surface area (Å²) >= 11 is 1.65. The van der Waals surface area contributed by atoms with Crippen LogP contribution in [-0.2, 0) is 13.7 Å². The Morgan fingerprint density at radius 1 is 1.62 bits per heavy atom. The molecule has 0 unspecified atom stereocenters. The first-order valence-corrected chi connectivity index (χ1v) is 4.86. The van der Waals surface area contributed by atoms with Crippen LogP contribution in [0.2, 0.25) is 0 Å². The lowest BCUT2D eigenvalue weighted by Crippen LogP contribution is -1.91. The molecular weight excluding hydrogens is 184 g/mol. The lowest BCUT2D eigenvalue weighted by atomic mass is 10.3. The highest BCUT2D eigenvalue weighted by atomic mass is 32.1. The number of thiophene rings is 1. The highest BCUT2D eigenvalue weighted by Crippen LogP contribution is 2.26. The molecule has 0 saturated heterocycles. The minimum absolute atomic E-state index is 0.00588. The van der Waals surface area contributed by atoms with Gasteiger partial charge >= 0.3 is 0 Å². The lowest BCUT2D eigenvalue weighted by molar-refractivity contribution is 0.278. The molecule has 0 amide bonds. The summed E-state index contributed by atoms with van der Waals surface area (Å²) in [5.74, 6) is 0. The fourth-order valence-corrected chi connectivity index (χ4v) is 2.16. The Kier molecular flexibility index (Phi) is 2.16. The molecule has 0 atom stereocenters. The van der Waals surface area contributed by atoms with E-state index in [1.807, 2.05) is 29.1 Å². The lowest BCUT2D eigenvalue weighted by Gasteiger charge is -2.00. The fourth-order valence-electron chi connectivity index (χ4n) is 1.32. The molecule has 0 bridgehead atoms. The third-order valence-corrected chi connectivity index (χ3v) is 2.79. The van der Waals surface area contributed by atoms with Crippen molar-refractivity contribution in [3.05, 3.63) is 29.5 Å². The minimum Gasteiger partial charge on any atom is -0.390 e. The first-order chi connectivity index (χ1) is 6.33. The Morgan fingerprint density at radius 2 is 2.46 bits per heavy atom. The van der Waals surface area contributed by atoms with Crippen LogP contribution in [0.4, 0.5) is 0 Å². The number of nitrogens with zero attached hydrogens (tertiary/aromatic N) is 2. The van der Waals surface area contributed by atoms with Crippen molar-refractivity contribution < 1.29 is 5.11 Å². The molecule has 68 valence electrons. The van der Waals surface area contributed by atoms with Gasteiger partial charge < -0.3 is 9.67 Å². The predicted octanol–water partition coefficient (Wildman–Crippen LogP) is 1.64. The van der Waals surface area contributed by atoms with E-state index in [2.05, 4.69) is 4.98 Å². The number of rotatable bonds is 2. The van der Waals surface area contributed by atoms with Crippen LogP contribution in [0.3, 0.4) is 0 Å². The van der Waals surface area contributed by atoms with Crippen LogP contribution in [0.15, 0.2) is 23.8 Å². The number of hydrogen-bond donors (Lipinski definition) is 1. The van der Waals surface area contributed by atoms with Gasteiger partial charge in [-0.2, -0.15) is 0 Å². The molecular formula is C9H10N2OS. The van der Waals surface area contributed by atoms with E-state index in [9.17, 15) is 0 Å². The second kappa shape index (κ2) is 3.32. The monoisotopic (exact) mass is 194 g/mol. The quantitative estimate of drug-likeness (QED) is 0.789. The van der Waals surface area contributed by atoms with E-state index < -0.39 is 0 Å². The normalized spacial score (nSPS) is 10.6. The molecule has 2 heterocycles. The molecule has 0 aliphatic rings. The SMILES string of the molecule is Cn1cnc(CO)c1-c1cccs1. The van der Waals surface area contributed by atoms with E-state index in [0.29, 0.717) is 0 Å². The number of imidazole rings is 1. The maximum absolute atomic E-state index is 9.06. The fraction of sp³-hybridized carbons (Fsp3) is 0.222. The third kappa shape index (κ3) is 1.38. The van der Waals surface area contributed by atoms with Crippen molar-refractivity contribution >= 4 is 11.3 Å². The smallest absolute Gasteiger partial charge is 0.0953 e. The summed E-state index contributed by atoms with van der Waals surface area (Å²) in [7, 11) is 1.93. The van der Waals surface area contributed by atoms with Crippen molar-refractivity contribution in [2.24, 2.45) is 7.05 Å². The Labute approximate surface area is 80.3 Å². The molecule has 0 aliphatic carbocycles. The molecule has 13 heavy (non-hydrogen) atoms. The van der Waals surface area contributed by atoms with Crippen LogP contribution in [0.1, 0.15) is 5.69 Å². The zero-order valence-electron chi connectivity index (χ0n) is 7.27. The molecule has 0 aliphatic heterocycles. The Hall–Kier alpha value is -1.13. The summed E-state index contributed by atoms with van der Waals surface area (Å²) in [4.78, 5) is 5.25. The molecule has 2 aromatic rings. The molecule has 3 nitrogen and oxygen atoms in total. The number of aliphatic hydroxyl groups excluding tert-OH is 1. The van der Waals surface area contributed by atoms with E-state index >= 15 is 0 Å². The minimum atomic E-state index is -0.00588. The Balaban J connectivity index is 2.55. The summed E-state index contributed by atoms with van der Waals surface area (Å²) in [6.45, 7) is -0.00588. The van der Waals surface area contributed by atoms with Gasteiger partial charge in [0.05, 0.1) is 29.2 Å². The van der Waals surface area contributed by atoms with Crippen LogP contribution in [0, 0.1) is 0 Å². The number of aliphatic hydroxyl groups is 1. The zero-order valence-corrected chi connectivity index (χ0v) is 8.08. The van der Waals surface area contributed by atoms with Gasteiger partial charge in [-0.1, -0.05) is 6.07 Å². The van der Waals surface area contributed by atoms with Gasteiger partial charge in [0, 0.05) is 7.05 Å². The summed E-state index contributed by atoms with van der Waals surface area (Å²) in [5.41, 5.74) is 1.75. The van der Waals surface area contributed by atoms with Crippen molar-refractivity contribution in [3.63, 3.8) is 0 Å². The molecule has 0 aromatic carbocycles. The predicted molar refractivity (Wildman–Crippen MR) is 52.4 cm³/mol. The maximum atomic E-state index is 9.06. The van der Waals surface area contributed by atoms with Crippen molar-refractivity contribution in [1.82, 2.24) is 9.55 Å². The summed E-state index contributed by atoms with van der Waals surface area (Å²) in [5, 5.41) is 11.1.